The molecule has 2 aliphatic rings. The number of carboxylic acids is 1. The monoisotopic (exact) mass is 373 g/mol. The first-order valence-electron chi connectivity index (χ1n) is 9.06. The number of carbonyl (C=O) groups is 2. The van der Waals surface area contributed by atoms with E-state index >= 15 is 0 Å². The summed E-state index contributed by atoms with van der Waals surface area (Å²) in [6, 6.07) is 9.20. The third-order valence-electron chi connectivity index (χ3n) is 4.52. The minimum absolute atomic E-state index is 0.220. The zero-order chi connectivity index (χ0) is 18.4. The second-order valence-electron chi connectivity index (χ2n) is 6.53. The highest BCUT2D eigenvalue weighted by Crippen LogP contribution is 2.33. The third kappa shape index (κ3) is 4.72. The number of aliphatic carboxylic acids is 1. The van der Waals surface area contributed by atoms with E-state index < -0.39 is 11.2 Å². The van der Waals surface area contributed by atoms with Crippen LogP contribution in [0.2, 0.25) is 0 Å². The fourth-order valence-electron chi connectivity index (χ4n) is 3.17. The summed E-state index contributed by atoms with van der Waals surface area (Å²) < 4.78 is 0. The highest BCUT2D eigenvalue weighted by atomic mass is 32.2. The zero-order valence-electron chi connectivity index (χ0n) is 14.6. The van der Waals surface area contributed by atoms with Crippen molar-refractivity contribution in [3.63, 3.8) is 0 Å². The molecule has 1 heterocycles. The molecule has 1 saturated carbocycles. The Morgan fingerprint density at radius 3 is 2.38 bits per heavy atom. The van der Waals surface area contributed by atoms with Gasteiger partial charge >= 0.3 is 5.97 Å². The molecule has 0 bridgehead atoms. The van der Waals surface area contributed by atoms with Crippen LogP contribution in [0.3, 0.4) is 0 Å². The molecule has 26 heavy (non-hydrogen) atoms. The van der Waals surface area contributed by atoms with Crippen LogP contribution in [0.15, 0.2) is 40.5 Å². The molecule has 0 spiro atoms. The Bertz CT molecular complexity index is 708. The molecule has 1 atom stereocenters. The molecule has 0 aromatic heterocycles. The van der Waals surface area contributed by atoms with Gasteiger partial charge in [-0.2, -0.15) is 5.10 Å². The average Bonchev–Trinajstić information content (AvgIpc) is 2.90. The van der Waals surface area contributed by atoms with Gasteiger partial charge in [-0.05, 0) is 37.8 Å². The van der Waals surface area contributed by atoms with Gasteiger partial charge in [0.2, 0.25) is 5.91 Å². The minimum atomic E-state index is -0.989. The van der Waals surface area contributed by atoms with Crippen molar-refractivity contribution < 1.29 is 14.7 Å². The van der Waals surface area contributed by atoms with E-state index in [-0.39, 0.29) is 12.3 Å². The number of nitrogens with zero attached hydrogens (tertiary/aromatic N) is 3. The van der Waals surface area contributed by atoms with Gasteiger partial charge in [0.05, 0.1) is 12.1 Å². The Hall–Kier alpha value is -2.15. The maximum absolute atomic E-state index is 12.7. The van der Waals surface area contributed by atoms with Crippen molar-refractivity contribution in [2.45, 2.75) is 56.6 Å². The van der Waals surface area contributed by atoms with E-state index in [4.69, 9.17) is 5.11 Å². The fourth-order valence-corrected chi connectivity index (χ4v) is 4.24. The first-order chi connectivity index (χ1) is 12.6. The Morgan fingerprint density at radius 1 is 1.08 bits per heavy atom. The number of amides is 1. The van der Waals surface area contributed by atoms with Crippen molar-refractivity contribution in [2.24, 2.45) is 10.2 Å². The van der Waals surface area contributed by atoms with Crippen LogP contribution in [0, 0.1) is 0 Å². The van der Waals surface area contributed by atoms with Crippen molar-refractivity contribution >= 4 is 40.2 Å². The largest absolute Gasteiger partial charge is 0.481 e. The molecule has 1 unspecified atom stereocenters. The van der Waals surface area contributed by atoms with Crippen molar-refractivity contribution in [3.8, 4) is 0 Å². The van der Waals surface area contributed by atoms with E-state index in [0.29, 0.717) is 10.9 Å². The molecule has 1 aliphatic carbocycles. The van der Waals surface area contributed by atoms with Crippen molar-refractivity contribution in [2.75, 3.05) is 4.90 Å². The van der Waals surface area contributed by atoms with Crippen LogP contribution in [-0.4, -0.2) is 33.1 Å². The lowest BCUT2D eigenvalue weighted by atomic mass is 9.99. The lowest BCUT2D eigenvalue weighted by molar-refractivity contribution is -0.138. The molecule has 1 aromatic rings. The molecule has 2 fully saturated rings. The number of rotatable bonds is 4. The summed E-state index contributed by atoms with van der Waals surface area (Å²) >= 11 is 1.19. The van der Waals surface area contributed by atoms with Crippen molar-refractivity contribution in [1.82, 2.24) is 0 Å². The molecule has 1 N–H and O–H groups in total. The topological polar surface area (TPSA) is 82.3 Å². The summed E-state index contributed by atoms with van der Waals surface area (Å²) in [6.45, 7) is 0. The summed E-state index contributed by atoms with van der Waals surface area (Å²) in [5, 5.41) is 17.7. The molecule has 1 aliphatic heterocycles. The first-order valence-corrected chi connectivity index (χ1v) is 9.94. The van der Waals surface area contributed by atoms with Crippen LogP contribution in [0.25, 0.3) is 0 Å². The van der Waals surface area contributed by atoms with Gasteiger partial charge in [-0.1, -0.05) is 49.2 Å². The molecule has 0 radical (unpaired) electrons. The average molecular weight is 373 g/mol. The number of benzene rings is 1. The zero-order valence-corrected chi connectivity index (χ0v) is 15.5. The number of hydrogen-bond acceptors (Lipinski definition) is 5. The predicted octanol–water partition coefficient (Wildman–Crippen LogP) is 4.07. The highest BCUT2D eigenvalue weighted by molar-refractivity contribution is 8.16. The number of amidine groups is 1. The molecular formula is C19H23N3O3S. The van der Waals surface area contributed by atoms with Crippen LogP contribution in [0.1, 0.15) is 51.4 Å². The van der Waals surface area contributed by atoms with Crippen LogP contribution in [-0.2, 0) is 9.59 Å². The van der Waals surface area contributed by atoms with E-state index in [1.54, 1.807) is 0 Å². The molecule has 1 amide bonds. The summed E-state index contributed by atoms with van der Waals surface area (Å²) in [5.74, 6) is -1.24. The number of para-hydroxylation sites is 1. The second-order valence-corrected chi connectivity index (χ2v) is 7.70. The van der Waals surface area contributed by atoms with Gasteiger partial charge in [0.1, 0.15) is 5.25 Å². The minimum Gasteiger partial charge on any atom is -0.481 e. The molecular weight excluding hydrogens is 350 g/mol. The number of carbonyl (C=O) groups excluding carboxylic acids is 1. The van der Waals surface area contributed by atoms with Gasteiger partial charge in [0, 0.05) is 5.71 Å². The van der Waals surface area contributed by atoms with Crippen LogP contribution >= 0.6 is 11.8 Å². The van der Waals surface area contributed by atoms with Crippen LogP contribution in [0.4, 0.5) is 5.69 Å². The van der Waals surface area contributed by atoms with E-state index in [1.165, 1.54) is 35.9 Å². The Balaban J connectivity index is 1.86. The molecule has 138 valence electrons. The van der Waals surface area contributed by atoms with Gasteiger partial charge in [0.15, 0.2) is 5.17 Å². The van der Waals surface area contributed by atoms with Crippen molar-refractivity contribution in [3.05, 3.63) is 30.3 Å². The number of carboxylic acid groups (broad SMARTS) is 1. The summed E-state index contributed by atoms with van der Waals surface area (Å²) in [4.78, 5) is 25.3. The second kappa shape index (κ2) is 8.98. The van der Waals surface area contributed by atoms with Gasteiger partial charge in [0.25, 0.3) is 0 Å². The predicted molar refractivity (Wildman–Crippen MR) is 105 cm³/mol. The van der Waals surface area contributed by atoms with Gasteiger partial charge in [-0.15, -0.1) is 5.10 Å². The fraction of sp³-hybridized carbons (Fsp3) is 0.474. The SMILES string of the molecule is O=C(O)CC1SC(=NN=C2CCCCCCC2)N(c2ccccc2)C1=O. The number of thioether (sulfide) groups is 1. The van der Waals surface area contributed by atoms with Gasteiger partial charge in [-0.3, -0.25) is 14.5 Å². The quantitative estimate of drug-likeness (QED) is 0.807. The van der Waals surface area contributed by atoms with E-state index in [9.17, 15) is 9.59 Å². The molecule has 7 heteroatoms. The molecule has 1 aromatic carbocycles. The van der Waals surface area contributed by atoms with Gasteiger partial charge in [-0.25, -0.2) is 0 Å². The summed E-state index contributed by atoms with van der Waals surface area (Å²) in [7, 11) is 0. The number of anilines is 1. The van der Waals surface area contributed by atoms with E-state index in [2.05, 4.69) is 10.2 Å². The molecule has 1 saturated heterocycles. The molecule has 6 nitrogen and oxygen atoms in total. The van der Waals surface area contributed by atoms with Gasteiger partial charge < -0.3 is 5.11 Å². The van der Waals surface area contributed by atoms with E-state index in [1.807, 2.05) is 30.3 Å². The van der Waals surface area contributed by atoms with Crippen molar-refractivity contribution in [1.29, 1.82) is 0 Å². The highest BCUT2D eigenvalue weighted by Gasteiger charge is 2.40. The standard InChI is InChI=1S/C19H23N3O3S/c23-17(24)13-16-18(25)22(15-11-7-4-8-12-15)19(26-16)21-20-14-9-5-2-1-3-6-10-14/h4,7-8,11-12,16H,1-3,5-6,9-10,13H2,(H,23,24). The lowest BCUT2D eigenvalue weighted by Gasteiger charge is -2.15. The maximum atomic E-state index is 12.7. The first kappa shape index (κ1) is 18.6. The Kier molecular flexibility index (Phi) is 6.44. The number of hydrogen-bond donors (Lipinski definition) is 1. The maximum Gasteiger partial charge on any atom is 0.305 e. The van der Waals surface area contributed by atoms with Crippen LogP contribution < -0.4 is 4.90 Å². The smallest absolute Gasteiger partial charge is 0.305 e. The third-order valence-corrected chi connectivity index (χ3v) is 5.64. The van der Waals surface area contributed by atoms with Crippen LogP contribution in [0.5, 0.6) is 0 Å². The van der Waals surface area contributed by atoms with E-state index in [0.717, 1.165) is 31.4 Å². The Morgan fingerprint density at radius 2 is 1.73 bits per heavy atom. The normalized spacial score (nSPS) is 23.0. The Labute approximate surface area is 157 Å². The lowest BCUT2D eigenvalue weighted by Crippen LogP contribution is -2.32. The summed E-state index contributed by atoms with van der Waals surface area (Å²) in [6.07, 6.45) is 7.64. The summed E-state index contributed by atoms with van der Waals surface area (Å²) in [5.41, 5.74) is 1.76. The molecule has 3 rings (SSSR count).